The molecule has 0 aliphatic rings. The van der Waals surface area contributed by atoms with Crippen molar-refractivity contribution in [3.8, 4) is 0 Å². The molecule has 1 rings (SSSR count). The third-order valence-corrected chi connectivity index (χ3v) is 3.27. The normalized spacial score (nSPS) is 12.1. The summed E-state index contributed by atoms with van der Waals surface area (Å²) in [5.41, 5.74) is 0.0752. The summed E-state index contributed by atoms with van der Waals surface area (Å²) in [7, 11) is 0. The first-order valence-corrected chi connectivity index (χ1v) is 6.96. The van der Waals surface area contributed by atoms with Crippen molar-refractivity contribution in [1.82, 2.24) is 10.2 Å². The van der Waals surface area contributed by atoms with E-state index in [1.807, 2.05) is 0 Å². The number of hydrogen-bond acceptors (Lipinski definition) is 2. The van der Waals surface area contributed by atoms with Gasteiger partial charge in [-0.15, -0.1) is 0 Å². The van der Waals surface area contributed by atoms with Gasteiger partial charge in [-0.1, -0.05) is 44.2 Å². The zero-order valence-corrected chi connectivity index (χ0v) is 11.8. The molecule has 0 aliphatic carbocycles. The topological polar surface area (TPSA) is 15.3 Å². The third-order valence-electron chi connectivity index (χ3n) is 3.27. The van der Waals surface area contributed by atoms with Crippen LogP contribution in [0.2, 0.25) is 0 Å². The van der Waals surface area contributed by atoms with Crippen molar-refractivity contribution in [2.24, 2.45) is 0 Å². The minimum Gasteiger partial charge on any atom is -0.311 e. The van der Waals surface area contributed by atoms with E-state index in [9.17, 15) is 8.78 Å². The molecular weight excluding hydrogens is 246 g/mol. The van der Waals surface area contributed by atoms with Gasteiger partial charge in [0.1, 0.15) is 0 Å². The molecule has 0 aliphatic heterocycles. The highest BCUT2D eigenvalue weighted by Gasteiger charge is 2.30. The van der Waals surface area contributed by atoms with Crippen LogP contribution in [0.4, 0.5) is 8.78 Å². The molecule has 0 bridgehead atoms. The molecule has 4 heteroatoms. The first-order chi connectivity index (χ1) is 9.10. The number of halogens is 2. The Balaban J connectivity index is 2.25. The fraction of sp³-hybridized carbons (Fsp3) is 0.600. The maximum Gasteiger partial charge on any atom is 0.285 e. The molecule has 0 spiro atoms. The standard InChI is InChI=1S/C15H24F2N2/c1-3-19(4-2)12-8-11-18-13-15(16,17)14-9-6-5-7-10-14/h5-7,9-10,18H,3-4,8,11-13H2,1-2H3. The van der Waals surface area contributed by atoms with Crippen LogP contribution in [0.1, 0.15) is 25.8 Å². The van der Waals surface area contributed by atoms with Crippen LogP contribution in [-0.2, 0) is 5.92 Å². The maximum absolute atomic E-state index is 13.8. The summed E-state index contributed by atoms with van der Waals surface area (Å²) in [6.07, 6.45) is 0.895. The fourth-order valence-corrected chi connectivity index (χ4v) is 2.00. The number of alkyl halides is 2. The van der Waals surface area contributed by atoms with Gasteiger partial charge in [0.2, 0.25) is 0 Å². The molecule has 0 atom stereocenters. The summed E-state index contributed by atoms with van der Waals surface area (Å²) >= 11 is 0. The monoisotopic (exact) mass is 270 g/mol. The zero-order valence-electron chi connectivity index (χ0n) is 11.8. The van der Waals surface area contributed by atoms with Gasteiger partial charge in [-0.2, -0.15) is 8.78 Å². The number of nitrogens with one attached hydrogen (secondary N) is 1. The van der Waals surface area contributed by atoms with E-state index in [1.54, 1.807) is 18.2 Å². The summed E-state index contributed by atoms with van der Waals surface area (Å²) < 4.78 is 27.6. The average molecular weight is 270 g/mol. The van der Waals surface area contributed by atoms with Crippen molar-refractivity contribution in [2.45, 2.75) is 26.2 Å². The van der Waals surface area contributed by atoms with E-state index in [1.165, 1.54) is 12.1 Å². The van der Waals surface area contributed by atoms with Crippen molar-refractivity contribution in [2.75, 3.05) is 32.7 Å². The Hall–Kier alpha value is -1.00. The largest absolute Gasteiger partial charge is 0.311 e. The molecule has 0 amide bonds. The van der Waals surface area contributed by atoms with Gasteiger partial charge in [-0.3, -0.25) is 0 Å². The van der Waals surface area contributed by atoms with Crippen LogP contribution in [0.3, 0.4) is 0 Å². The van der Waals surface area contributed by atoms with Gasteiger partial charge < -0.3 is 10.2 Å². The van der Waals surface area contributed by atoms with Gasteiger partial charge in [0.05, 0.1) is 6.54 Å². The van der Waals surface area contributed by atoms with E-state index in [2.05, 4.69) is 24.1 Å². The van der Waals surface area contributed by atoms with Crippen LogP contribution in [0.25, 0.3) is 0 Å². The Kier molecular flexibility index (Phi) is 6.95. The highest BCUT2D eigenvalue weighted by atomic mass is 19.3. The van der Waals surface area contributed by atoms with Crippen LogP contribution in [0.15, 0.2) is 30.3 Å². The van der Waals surface area contributed by atoms with Crippen LogP contribution in [0, 0.1) is 0 Å². The van der Waals surface area contributed by atoms with Crippen molar-refractivity contribution in [3.63, 3.8) is 0 Å². The summed E-state index contributed by atoms with van der Waals surface area (Å²) in [6, 6.07) is 7.97. The summed E-state index contributed by atoms with van der Waals surface area (Å²) in [6.45, 7) is 7.53. The predicted molar refractivity (Wildman–Crippen MR) is 75.6 cm³/mol. The number of nitrogens with zero attached hydrogens (tertiary/aromatic N) is 1. The number of hydrogen-bond donors (Lipinski definition) is 1. The van der Waals surface area contributed by atoms with E-state index in [-0.39, 0.29) is 12.1 Å². The van der Waals surface area contributed by atoms with E-state index in [0.29, 0.717) is 6.54 Å². The molecule has 0 fully saturated rings. The second-order valence-electron chi connectivity index (χ2n) is 4.63. The van der Waals surface area contributed by atoms with E-state index < -0.39 is 5.92 Å². The molecule has 0 heterocycles. The predicted octanol–water partition coefficient (Wildman–Crippen LogP) is 3.10. The Morgan fingerprint density at radius 1 is 1.11 bits per heavy atom. The molecule has 108 valence electrons. The Morgan fingerprint density at radius 3 is 2.32 bits per heavy atom. The lowest BCUT2D eigenvalue weighted by Gasteiger charge is -2.19. The number of benzene rings is 1. The first-order valence-electron chi connectivity index (χ1n) is 6.96. The van der Waals surface area contributed by atoms with E-state index >= 15 is 0 Å². The molecule has 0 unspecified atom stereocenters. The van der Waals surface area contributed by atoms with E-state index in [0.717, 1.165) is 26.1 Å². The van der Waals surface area contributed by atoms with Crippen molar-refractivity contribution < 1.29 is 8.78 Å². The van der Waals surface area contributed by atoms with Gasteiger partial charge in [0, 0.05) is 5.56 Å². The highest BCUT2D eigenvalue weighted by Crippen LogP contribution is 2.26. The lowest BCUT2D eigenvalue weighted by Crippen LogP contribution is -2.33. The second kappa shape index (κ2) is 8.23. The molecule has 19 heavy (non-hydrogen) atoms. The quantitative estimate of drug-likeness (QED) is 0.694. The molecule has 1 N–H and O–H groups in total. The fourth-order valence-electron chi connectivity index (χ4n) is 2.00. The summed E-state index contributed by atoms with van der Waals surface area (Å²) in [5.74, 6) is -2.80. The third kappa shape index (κ3) is 5.66. The van der Waals surface area contributed by atoms with Crippen LogP contribution < -0.4 is 5.32 Å². The molecular formula is C15H24F2N2. The van der Waals surface area contributed by atoms with Crippen LogP contribution in [-0.4, -0.2) is 37.6 Å². The maximum atomic E-state index is 13.8. The summed E-state index contributed by atoms with van der Waals surface area (Å²) in [4.78, 5) is 2.29. The Morgan fingerprint density at radius 2 is 1.74 bits per heavy atom. The SMILES string of the molecule is CCN(CC)CCCNCC(F)(F)c1ccccc1. The van der Waals surface area contributed by atoms with Crippen molar-refractivity contribution in [1.29, 1.82) is 0 Å². The Labute approximate surface area is 114 Å². The van der Waals surface area contributed by atoms with Gasteiger partial charge in [0.25, 0.3) is 5.92 Å². The average Bonchev–Trinajstić information content (AvgIpc) is 2.44. The number of rotatable bonds is 9. The lowest BCUT2D eigenvalue weighted by atomic mass is 10.1. The van der Waals surface area contributed by atoms with E-state index in [4.69, 9.17) is 0 Å². The first kappa shape index (κ1) is 16.1. The molecule has 2 nitrogen and oxygen atoms in total. The van der Waals surface area contributed by atoms with Gasteiger partial charge in [0.15, 0.2) is 0 Å². The smallest absolute Gasteiger partial charge is 0.285 e. The molecule has 0 aromatic heterocycles. The molecule has 0 radical (unpaired) electrons. The molecule has 1 aromatic rings. The minimum absolute atomic E-state index is 0.0752. The molecule has 0 saturated carbocycles. The van der Waals surface area contributed by atoms with Gasteiger partial charge in [-0.25, -0.2) is 0 Å². The van der Waals surface area contributed by atoms with Gasteiger partial charge in [-0.05, 0) is 32.6 Å². The van der Waals surface area contributed by atoms with Crippen LogP contribution >= 0.6 is 0 Å². The Bertz CT molecular complexity index is 337. The molecule has 1 aromatic carbocycles. The highest BCUT2D eigenvalue weighted by molar-refractivity contribution is 5.20. The van der Waals surface area contributed by atoms with Gasteiger partial charge >= 0.3 is 0 Å². The molecule has 0 saturated heterocycles. The zero-order chi connectivity index (χ0) is 14.1. The second-order valence-corrected chi connectivity index (χ2v) is 4.63. The van der Waals surface area contributed by atoms with Crippen molar-refractivity contribution >= 4 is 0 Å². The van der Waals surface area contributed by atoms with Crippen LogP contribution in [0.5, 0.6) is 0 Å². The summed E-state index contributed by atoms with van der Waals surface area (Å²) in [5, 5.41) is 2.85. The minimum atomic E-state index is -2.80. The van der Waals surface area contributed by atoms with Crippen molar-refractivity contribution in [3.05, 3.63) is 35.9 Å². The lowest BCUT2D eigenvalue weighted by molar-refractivity contribution is -0.00310.